The van der Waals surface area contributed by atoms with Crippen LogP contribution in [0.2, 0.25) is 0 Å². The Hall–Kier alpha value is -3.81. The second-order valence-corrected chi connectivity index (χ2v) is 6.80. The van der Waals surface area contributed by atoms with Crippen molar-refractivity contribution in [3.8, 4) is 5.75 Å². The van der Waals surface area contributed by atoms with Gasteiger partial charge in [-0.3, -0.25) is 9.69 Å². The van der Waals surface area contributed by atoms with Crippen molar-refractivity contribution in [2.75, 3.05) is 25.6 Å². The monoisotopic (exact) mass is 392 g/mol. The van der Waals surface area contributed by atoms with Gasteiger partial charge in [0.25, 0.3) is 5.91 Å². The molecule has 0 fully saturated rings. The average Bonchev–Trinajstić information content (AvgIpc) is 3.08. The maximum atomic E-state index is 13.3. The summed E-state index contributed by atoms with van der Waals surface area (Å²) in [5.41, 5.74) is 2.44. The Morgan fingerprint density at radius 1 is 1.10 bits per heavy atom. The van der Waals surface area contributed by atoms with Gasteiger partial charge in [-0.2, -0.15) is 0 Å². The Morgan fingerprint density at radius 3 is 2.34 bits per heavy atom. The molecule has 3 amide bonds. The van der Waals surface area contributed by atoms with Gasteiger partial charge < -0.3 is 24.9 Å². The summed E-state index contributed by atoms with van der Waals surface area (Å²) >= 11 is 0. The first-order chi connectivity index (χ1) is 13.9. The molecule has 0 radical (unpaired) electrons. The lowest BCUT2D eigenvalue weighted by molar-refractivity contribution is -0.255. The first-order valence-electron chi connectivity index (χ1n) is 8.95. The Kier molecular flexibility index (Phi) is 4.46. The number of carboxylic acid groups (broad SMARTS) is 1. The van der Waals surface area contributed by atoms with E-state index in [1.807, 2.05) is 12.1 Å². The molecule has 29 heavy (non-hydrogen) atoms. The molecule has 0 aliphatic carbocycles. The average molecular weight is 392 g/mol. The Bertz CT molecular complexity index is 1030. The van der Waals surface area contributed by atoms with E-state index in [1.165, 1.54) is 21.9 Å². The summed E-state index contributed by atoms with van der Waals surface area (Å²) in [6.45, 7) is 0.218. The third-order valence-electron chi connectivity index (χ3n) is 5.22. The largest absolute Gasteiger partial charge is 0.545 e. The summed E-state index contributed by atoms with van der Waals surface area (Å²) in [4.78, 5) is 39.6. The van der Waals surface area contributed by atoms with Crippen molar-refractivity contribution >= 4 is 23.6 Å². The lowest BCUT2D eigenvalue weighted by atomic mass is 9.95. The van der Waals surface area contributed by atoms with Crippen LogP contribution in [0, 0.1) is 0 Å². The third kappa shape index (κ3) is 3.08. The van der Waals surface area contributed by atoms with Crippen molar-refractivity contribution in [3.05, 3.63) is 70.9 Å². The number of likely N-dealkylation sites (N-methyl/N-ethyl adjacent to an activating group) is 1. The SMILES string of the molecule is COc1ccc([C@H]2NC(=O)N(C)C3=C2C(=O)N(c2ccc(C(=O)[O-])cc2)C3)cc1. The topological polar surface area (TPSA) is 102 Å². The maximum absolute atomic E-state index is 13.3. The summed E-state index contributed by atoms with van der Waals surface area (Å²) in [7, 11) is 3.18. The molecule has 0 saturated heterocycles. The van der Waals surface area contributed by atoms with Gasteiger partial charge in [0.1, 0.15) is 5.75 Å². The number of urea groups is 1. The van der Waals surface area contributed by atoms with Crippen LogP contribution in [-0.4, -0.2) is 43.5 Å². The molecule has 0 unspecified atom stereocenters. The molecule has 2 heterocycles. The van der Waals surface area contributed by atoms with Gasteiger partial charge in [0.05, 0.1) is 36.9 Å². The van der Waals surface area contributed by atoms with Crippen LogP contribution < -0.4 is 20.1 Å². The van der Waals surface area contributed by atoms with Crippen molar-refractivity contribution in [2.45, 2.75) is 6.04 Å². The van der Waals surface area contributed by atoms with E-state index in [0.29, 0.717) is 22.7 Å². The van der Waals surface area contributed by atoms with Crippen molar-refractivity contribution in [1.82, 2.24) is 10.2 Å². The maximum Gasteiger partial charge on any atom is 0.322 e. The summed E-state index contributed by atoms with van der Waals surface area (Å²) in [6.07, 6.45) is 0. The second-order valence-electron chi connectivity index (χ2n) is 6.80. The zero-order valence-corrected chi connectivity index (χ0v) is 15.8. The van der Waals surface area contributed by atoms with Crippen molar-refractivity contribution in [2.24, 2.45) is 0 Å². The number of nitrogens with zero attached hydrogens (tertiary/aromatic N) is 2. The predicted octanol–water partition coefficient (Wildman–Crippen LogP) is 1.06. The number of hydrogen-bond donors (Lipinski definition) is 1. The molecule has 4 rings (SSSR count). The highest BCUT2D eigenvalue weighted by Crippen LogP contribution is 2.37. The highest BCUT2D eigenvalue weighted by Gasteiger charge is 2.43. The normalized spacial score (nSPS) is 18.6. The van der Waals surface area contributed by atoms with Gasteiger partial charge in [-0.1, -0.05) is 24.3 Å². The fourth-order valence-corrected chi connectivity index (χ4v) is 3.60. The summed E-state index contributed by atoms with van der Waals surface area (Å²) in [5.74, 6) is -0.848. The van der Waals surface area contributed by atoms with Crippen LogP contribution in [0.5, 0.6) is 5.75 Å². The molecule has 148 valence electrons. The number of rotatable bonds is 4. The number of carboxylic acids is 1. The molecule has 0 bridgehead atoms. The molecule has 2 aromatic carbocycles. The zero-order valence-electron chi connectivity index (χ0n) is 15.8. The Morgan fingerprint density at radius 2 is 1.76 bits per heavy atom. The molecule has 8 nitrogen and oxygen atoms in total. The molecular weight excluding hydrogens is 374 g/mol. The van der Waals surface area contributed by atoms with E-state index in [-0.39, 0.29) is 24.0 Å². The van der Waals surface area contributed by atoms with Crippen LogP contribution in [0.1, 0.15) is 22.0 Å². The number of anilines is 1. The standard InChI is InChI=1S/C21H19N3O5/c1-23-16-11-24(14-7-3-13(4-8-14)20(26)27)19(25)17(16)18(22-21(23)28)12-5-9-15(29-2)10-6-12/h3-10,18H,11H2,1-2H3,(H,22,28)(H,26,27)/p-1/t18-/m1/s1. The van der Waals surface area contributed by atoms with Crippen LogP contribution in [0.4, 0.5) is 10.5 Å². The minimum Gasteiger partial charge on any atom is -0.545 e. The number of carbonyl (C=O) groups is 3. The number of amides is 3. The molecule has 0 aromatic heterocycles. The zero-order chi connectivity index (χ0) is 20.7. The smallest absolute Gasteiger partial charge is 0.322 e. The highest BCUT2D eigenvalue weighted by molar-refractivity contribution is 6.11. The Balaban J connectivity index is 1.70. The number of methoxy groups -OCH3 is 1. The van der Waals surface area contributed by atoms with E-state index in [2.05, 4.69) is 5.32 Å². The fraction of sp³-hybridized carbons (Fsp3) is 0.190. The molecule has 1 N–H and O–H groups in total. The van der Waals surface area contributed by atoms with Crippen molar-refractivity contribution < 1.29 is 24.2 Å². The molecule has 8 heteroatoms. The van der Waals surface area contributed by atoms with Crippen LogP contribution in [0.15, 0.2) is 59.8 Å². The lowest BCUT2D eigenvalue weighted by Gasteiger charge is -2.31. The van der Waals surface area contributed by atoms with E-state index in [1.54, 1.807) is 38.4 Å². The van der Waals surface area contributed by atoms with Gasteiger partial charge in [-0.05, 0) is 35.4 Å². The fourth-order valence-electron chi connectivity index (χ4n) is 3.60. The molecule has 2 aliphatic rings. The van der Waals surface area contributed by atoms with Crippen LogP contribution in [0.25, 0.3) is 0 Å². The van der Waals surface area contributed by atoms with Gasteiger partial charge in [-0.25, -0.2) is 4.79 Å². The molecule has 0 spiro atoms. The minimum absolute atomic E-state index is 0.0307. The van der Waals surface area contributed by atoms with Gasteiger partial charge in [0, 0.05) is 12.7 Å². The number of carbonyl (C=O) groups excluding carboxylic acids is 3. The van der Waals surface area contributed by atoms with E-state index in [0.717, 1.165) is 5.56 Å². The first-order valence-corrected chi connectivity index (χ1v) is 8.95. The van der Waals surface area contributed by atoms with E-state index < -0.39 is 12.0 Å². The lowest BCUT2D eigenvalue weighted by Crippen LogP contribution is -2.45. The van der Waals surface area contributed by atoms with E-state index in [9.17, 15) is 19.5 Å². The van der Waals surface area contributed by atoms with E-state index >= 15 is 0 Å². The quantitative estimate of drug-likeness (QED) is 0.838. The number of aromatic carboxylic acids is 1. The second kappa shape index (κ2) is 6.97. The molecular formula is C21H18N3O5-. The van der Waals surface area contributed by atoms with Gasteiger partial charge in [0.2, 0.25) is 0 Å². The van der Waals surface area contributed by atoms with E-state index in [4.69, 9.17) is 4.74 Å². The number of hydrogen-bond acceptors (Lipinski definition) is 5. The number of ether oxygens (including phenoxy) is 1. The summed E-state index contributed by atoms with van der Waals surface area (Å²) < 4.78 is 5.17. The molecule has 2 aromatic rings. The van der Waals surface area contributed by atoms with Crippen LogP contribution in [0.3, 0.4) is 0 Å². The van der Waals surface area contributed by atoms with Gasteiger partial charge in [-0.15, -0.1) is 0 Å². The van der Waals surface area contributed by atoms with Gasteiger partial charge >= 0.3 is 6.03 Å². The predicted molar refractivity (Wildman–Crippen MR) is 102 cm³/mol. The third-order valence-corrected chi connectivity index (χ3v) is 5.22. The molecule has 2 aliphatic heterocycles. The number of nitrogens with one attached hydrogen (secondary N) is 1. The van der Waals surface area contributed by atoms with Crippen molar-refractivity contribution in [1.29, 1.82) is 0 Å². The van der Waals surface area contributed by atoms with Crippen LogP contribution >= 0.6 is 0 Å². The van der Waals surface area contributed by atoms with Crippen molar-refractivity contribution in [3.63, 3.8) is 0 Å². The highest BCUT2D eigenvalue weighted by atomic mass is 16.5. The van der Waals surface area contributed by atoms with Crippen LogP contribution in [-0.2, 0) is 4.79 Å². The molecule has 1 atom stereocenters. The summed E-state index contributed by atoms with van der Waals surface area (Å²) in [6, 6.07) is 12.2. The Labute approximate surface area is 167 Å². The minimum atomic E-state index is -1.28. The van der Waals surface area contributed by atoms with Gasteiger partial charge in [0.15, 0.2) is 0 Å². The molecule has 0 saturated carbocycles. The summed E-state index contributed by atoms with van der Waals surface area (Å²) in [5, 5.41) is 13.8. The number of benzene rings is 2. The first kappa shape index (κ1) is 18.5.